The lowest BCUT2D eigenvalue weighted by atomic mass is 10.1. The zero-order valence-corrected chi connectivity index (χ0v) is 19.6. The van der Waals surface area contributed by atoms with Gasteiger partial charge in [0.05, 0.1) is 23.8 Å². The molecule has 0 saturated carbocycles. The summed E-state index contributed by atoms with van der Waals surface area (Å²) in [6.07, 6.45) is 2.04. The van der Waals surface area contributed by atoms with Crippen molar-refractivity contribution in [2.24, 2.45) is 0 Å². The Morgan fingerprint density at radius 3 is 2.64 bits per heavy atom. The molecule has 2 aliphatic rings. The monoisotopic (exact) mass is 466 g/mol. The van der Waals surface area contributed by atoms with Crippen LogP contribution < -0.4 is 10.3 Å². The van der Waals surface area contributed by atoms with E-state index >= 15 is 0 Å². The van der Waals surface area contributed by atoms with Crippen LogP contribution in [-0.2, 0) is 24.2 Å². The average molecular weight is 467 g/mol. The molecule has 8 nitrogen and oxygen atoms in total. The number of hydrogen-bond donors (Lipinski definition) is 0. The number of rotatable bonds is 4. The summed E-state index contributed by atoms with van der Waals surface area (Å²) in [5.41, 5.74) is 1.59. The second-order valence-corrected chi connectivity index (χ2v) is 9.53. The summed E-state index contributed by atoms with van der Waals surface area (Å²) in [6.45, 7) is 4.46. The maximum atomic E-state index is 13.3. The number of amides is 2. The third kappa shape index (κ3) is 3.90. The summed E-state index contributed by atoms with van der Waals surface area (Å²) in [4.78, 5) is 48.4. The quantitative estimate of drug-likeness (QED) is 0.589. The molecule has 0 bridgehead atoms. The highest BCUT2D eigenvalue weighted by molar-refractivity contribution is 7.20. The fraction of sp³-hybridized carbons (Fsp3) is 0.417. The predicted octanol–water partition coefficient (Wildman–Crippen LogP) is 2.25. The molecule has 0 aliphatic carbocycles. The molecule has 0 atom stereocenters. The Morgan fingerprint density at radius 1 is 1.12 bits per heavy atom. The van der Waals surface area contributed by atoms with Crippen LogP contribution in [0.15, 0.2) is 29.1 Å². The number of hydrogen-bond acceptors (Lipinski definition) is 6. The van der Waals surface area contributed by atoms with Gasteiger partial charge >= 0.3 is 0 Å². The number of piperazine rings is 1. The van der Waals surface area contributed by atoms with E-state index in [1.165, 1.54) is 11.3 Å². The third-order valence-corrected chi connectivity index (χ3v) is 7.69. The van der Waals surface area contributed by atoms with Crippen molar-refractivity contribution in [3.63, 3.8) is 0 Å². The molecule has 2 aliphatic heterocycles. The van der Waals surface area contributed by atoms with Gasteiger partial charge in [-0.1, -0.05) is 12.1 Å². The normalized spacial score (nSPS) is 15.7. The molecule has 2 aromatic heterocycles. The minimum Gasteiger partial charge on any atom is -0.497 e. The van der Waals surface area contributed by atoms with Crippen LogP contribution in [-0.4, -0.2) is 64.5 Å². The fourth-order valence-electron chi connectivity index (χ4n) is 4.65. The second-order valence-electron chi connectivity index (χ2n) is 8.53. The Kier molecular flexibility index (Phi) is 5.65. The highest BCUT2D eigenvalue weighted by Gasteiger charge is 2.29. The van der Waals surface area contributed by atoms with Gasteiger partial charge in [0.25, 0.3) is 11.5 Å². The van der Waals surface area contributed by atoms with Crippen molar-refractivity contribution in [3.05, 3.63) is 56.4 Å². The van der Waals surface area contributed by atoms with E-state index in [1.807, 2.05) is 31.2 Å². The summed E-state index contributed by atoms with van der Waals surface area (Å²) in [6, 6.07) is 7.51. The van der Waals surface area contributed by atoms with Gasteiger partial charge in [0.1, 0.15) is 16.4 Å². The van der Waals surface area contributed by atoms with Crippen molar-refractivity contribution in [2.45, 2.75) is 32.7 Å². The molecule has 1 fully saturated rings. The molecule has 3 aromatic rings. The van der Waals surface area contributed by atoms with Crippen molar-refractivity contribution in [2.75, 3.05) is 33.3 Å². The first-order valence-electron chi connectivity index (χ1n) is 11.2. The van der Waals surface area contributed by atoms with Gasteiger partial charge in [-0.05, 0) is 36.6 Å². The first-order chi connectivity index (χ1) is 16.0. The molecule has 1 aromatic carbocycles. The first kappa shape index (κ1) is 21.6. The lowest BCUT2D eigenvalue weighted by Crippen LogP contribution is -2.51. The van der Waals surface area contributed by atoms with Crippen molar-refractivity contribution >= 4 is 33.4 Å². The fourth-order valence-corrected chi connectivity index (χ4v) is 5.81. The van der Waals surface area contributed by atoms with Crippen LogP contribution in [0.25, 0.3) is 10.2 Å². The van der Waals surface area contributed by atoms with Gasteiger partial charge in [-0.15, -0.1) is 11.3 Å². The summed E-state index contributed by atoms with van der Waals surface area (Å²) in [5, 5.41) is 0.570. The summed E-state index contributed by atoms with van der Waals surface area (Å²) in [7, 11) is 1.61. The number of carbonyl (C=O) groups excluding carboxylic acids is 2. The van der Waals surface area contributed by atoms with Crippen molar-refractivity contribution < 1.29 is 14.3 Å². The number of aromatic nitrogens is 2. The van der Waals surface area contributed by atoms with Crippen LogP contribution in [0.1, 0.15) is 33.0 Å². The van der Waals surface area contributed by atoms with E-state index in [1.54, 1.807) is 21.5 Å². The second kappa shape index (κ2) is 8.62. The molecule has 0 radical (unpaired) electrons. The van der Waals surface area contributed by atoms with Gasteiger partial charge in [0, 0.05) is 39.1 Å². The van der Waals surface area contributed by atoms with E-state index in [0.717, 1.165) is 35.5 Å². The van der Waals surface area contributed by atoms with E-state index in [2.05, 4.69) is 4.98 Å². The number of aryl methyl sites for hydroxylation is 2. The van der Waals surface area contributed by atoms with Crippen molar-refractivity contribution in [3.8, 4) is 5.75 Å². The number of nitrogens with zero attached hydrogens (tertiary/aromatic N) is 4. The van der Waals surface area contributed by atoms with Crippen LogP contribution in [0.5, 0.6) is 5.75 Å². The molecule has 172 valence electrons. The topological polar surface area (TPSA) is 84.7 Å². The zero-order valence-electron chi connectivity index (χ0n) is 18.8. The highest BCUT2D eigenvalue weighted by atomic mass is 32.1. The average Bonchev–Trinajstić information content (AvgIpc) is 3.44. The third-order valence-electron chi connectivity index (χ3n) is 6.51. The van der Waals surface area contributed by atoms with E-state index in [0.29, 0.717) is 54.2 Å². The van der Waals surface area contributed by atoms with Gasteiger partial charge in [-0.2, -0.15) is 0 Å². The minimum atomic E-state index is -0.0834. The summed E-state index contributed by atoms with van der Waals surface area (Å²) in [5.74, 6) is 1.50. The SMILES string of the molecule is COc1cccc(CC(=O)N2CCN(C(=O)c3sc4nc5n(c(=O)c4c3C)CCC5)CC2)c1. The van der Waals surface area contributed by atoms with Gasteiger partial charge < -0.3 is 14.5 Å². The molecule has 4 heterocycles. The van der Waals surface area contributed by atoms with Gasteiger partial charge in [0.15, 0.2) is 0 Å². The Balaban J connectivity index is 1.27. The molecule has 0 N–H and O–H groups in total. The number of carbonyl (C=O) groups is 2. The van der Waals surface area contributed by atoms with Crippen LogP contribution >= 0.6 is 11.3 Å². The largest absolute Gasteiger partial charge is 0.497 e. The molecule has 1 saturated heterocycles. The van der Waals surface area contributed by atoms with Crippen LogP contribution in [0.4, 0.5) is 0 Å². The molecular formula is C24H26N4O4S. The smallest absolute Gasteiger partial charge is 0.264 e. The molecule has 0 spiro atoms. The standard InChI is InChI=1S/C24H26N4O4S/c1-15-20-22(25-18-7-4-8-28(18)23(20)30)33-21(15)24(31)27-11-9-26(10-12-27)19(29)14-16-5-3-6-17(13-16)32-2/h3,5-6,13H,4,7-12,14H2,1-2H3. The van der Waals surface area contributed by atoms with Crippen LogP contribution in [0, 0.1) is 6.92 Å². The molecule has 0 unspecified atom stereocenters. The van der Waals surface area contributed by atoms with Gasteiger partial charge in [-0.3, -0.25) is 19.0 Å². The number of fused-ring (bicyclic) bond motifs is 2. The highest BCUT2D eigenvalue weighted by Crippen LogP contribution is 2.30. The Bertz CT molecular complexity index is 1300. The Labute approximate surface area is 195 Å². The van der Waals surface area contributed by atoms with Crippen molar-refractivity contribution in [1.29, 1.82) is 0 Å². The van der Waals surface area contributed by atoms with Gasteiger partial charge in [-0.25, -0.2) is 4.98 Å². The Morgan fingerprint density at radius 2 is 1.88 bits per heavy atom. The molecule has 5 rings (SSSR count). The number of ether oxygens (including phenoxy) is 1. The maximum Gasteiger partial charge on any atom is 0.264 e. The summed E-state index contributed by atoms with van der Waals surface area (Å²) < 4.78 is 6.97. The molecule has 9 heteroatoms. The van der Waals surface area contributed by atoms with E-state index in [4.69, 9.17) is 4.74 Å². The Hall–Kier alpha value is -3.20. The molecule has 33 heavy (non-hydrogen) atoms. The van der Waals surface area contributed by atoms with E-state index < -0.39 is 0 Å². The maximum absolute atomic E-state index is 13.3. The molecule has 2 amide bonds. The first-order valence-corrected chi connectivity index (χ1v) is 12.0. The van der Waals surface area contributed by atoms with Gasteiger partial charge in [0.2, 0.25) is 5.91 Å². The number of thiophene rings is 1. The summed E-state index contributed by atoms with van der Waals surface area (Å²) >= 11 is 1.31. The van der Waals surface area contributed by atoms with Crippen molar-refractivity contribution in [1.82, 2.24) is 19.4 Å². The predicted molar refractivity (Wildman–Crippen MR) is 126 cm³/mol. The zero-order chi connectivity index (χ0) is 23.1. The van der Waals surface area contributed by atoms with Crippen LogP contribution in [0.2, 0.25) is 0 Å². The lowest BCUT2D eigenvalue weighted by Gasteiger charge is -2.34. The minimum absolute atomic E-state index is 0.0340. The van der Waals surface area contributed by atoms with E-state index in [9.17, 15) is 14.4 Å². The molecular weight excluding hydrogens is 440 g/mol. The van der Waals surface area contributed by atoms with Crippen LogP contribution in [0.3, 0.4) is 0 Å². The lowest BCUT2D eigenvalue weighted by molar-refractivity contribution is -0.131. The number of methoxy groups -OCH3 is 1. The number of benzene rings is 1. The van der Waals surface area contributed by atoms with E-state index in [-0.39, 0.29) is 17.4 Å².